The molecule has 0 radical (unpaired) electrons. The Morgan fingerprint density at radius 3 is 2.00 bits per heavy atom. The summed E-state index contributed by atoms with van der Waals surface area (Å²) < 4.78 is 0. The van der Waals surface area contributed by atoms with Gasteiger partial charge in [0.1, 0.15) is 0 Å². The molecule has 2 heteroatoms. The molecular formula is C20H16N2. The van der Waals surface area contributed by atoms with Crippen molar-refractivity contribution in [1.82, 2.24) is 9.97 Å². The molecule has 0 aliphatic heterocycles. The van der Waals surface area contributed by atoms with Gasteiger partial charge < -0.3 is 0 Å². The van der Waals surface area contributed by atoms with Gasteiger partial charge in [-0.15, -0.1) is 0 Å². The lowest BCUT2D eigenvalue weighted by atomic mass is 10.1. The van der Waals surface area contributed by atoms with Crippen molar-refractivity contribution >= 4 is 0 Å². The fourth-order valence-electron chi connectivity index (χ4n) is 2.11. The monoisotopic (exact) mass is 284 g/mol. The van der Waals surface area contributed by atoms with Gasteiger partial charge in [0.25, 0.3) is 0 Å². The molecule has 0 aliphatic rings. The summed E-state index contributed by atoms with van der Waals surface area (Å²) in [6.07, 6.45) is 3.58. The van der Waals surface area contributed by atoms with Gasteiger partial charge in [-0.25, -0.2) is 0 Å². The third-order valence-corrected chi connectivity index (χ3v) is 3.34. The third kappa shape index (κ3) is 3.39. The summed E-state index contributed by atoms with van der Waals surface area (Å²) in [6, 6.07) is 16.1. The molecule has 0 saturated heterocycles. The van der Waals surface area contributed by atoms with E-state index in [1.54, 1.807) is 12.4 Å². The van der Waals surface area contributed by atoms with E-state index in [0.29, 0.717) is 0 Å². The van der Waals surface area contributed by atoms with Crippen LogP contribution in [0, 0.1) is 25.7 Å². The number of pyridine rings is 2. The Morgan fingerprint density at radius 2 is 1.27 bits per heavy atom. The molecule has 0 spiro atoms. The number of aromatic nitrogens is 2. The first-order chi connectivity index (χ1) is 10.7. The van der Waals surface area contributed by atoms with E-state index < -0.39 is 0 Å². The van der Waals surface area contributed by atoms with Gasteiger partial charge in [0.05, 0.1) is 11.4 Å². The highest BCUT2D eigenvalue weighted by Gasteiger charge is 2.01. The minimum absolute atomic E-state index is 0.847. The zero-order valence-electron chi connectivity index (χ0n) is 12.7. The number of hydrogen-bond acceptors (Lipinski definition) is 2. The summed E-state index contributed by atoms with van der Waals surface area (Å²) >= 11 is 0. The van der Waals surface area contributed by atoms with Crippen LogP contribution < -0.4 is 0 Å². The van der Waals surface area contributed by atoms with Crippen LogP contribution in [0.4, 0.5) is 0 Å². The van der Waals surface area contributed by atoms with Gasteiger partial charge in [-0.3, -0.25) is 9.97 Å². The first-order valence-corrected chi connectivity index (χ1v) is 7.18. The van der Waals surface area contributed by atoms with Gasteiger partial charge in [-0.2, -0.15) is 0 Å². The maximum absolute atomic E-state index is 4.39. The number of hydrogen-bond donors (Lipinski definition) is 0. The van der Waals surface area contributed by atoms with Crippen molar-refractivity contribution in [2.24, 2.45) is 0 Å². The molecule has 3 rings (SSSR count). The molecule has 3 aromatic rings. The lowest BCUT2D eigenvalue weighted by molar-refractivity contribution is 1.22. The lowest BCUT2D eigenvalue weighted by Gasteiger charge is -2.01. The number of rotatable bonds is 1. The van der Waals surface area contributed by atoms with Crippen molar-refractivity contribution < 1.29 is 0 Å². The largest absolute Gasteiger partial charge is 0.255 e. The molecule has 0 atom stereocenters. The highest BCUT2D eigenvalue weighted by atomic mass is 14.8. The van der Waals surface area contributed by atoms with Crippen molar-refractivity contribution in [2.45, 2.75) is 13.8 Å². The summed E-state index contributed by atoms with van der Waals surface area (Å²) in [5.74, 6) is 6.37. The Labute approximate surface area is 130 Å². The van der Waals surface area contributed by atoms with Gasteiger partial charge >= 0.3 is 0 Å². The number of aryl methyl sites for hydroxylation is 2. The van der Waals surface area contributed by atoms with E-state index in [9.17, 15) is 0 Å². The third-order valence-electron chi connectivity index (χ3n) is 3.34. The maximum atomic E-state index is 4.39. The smallest absolute Gasteiger partial charge is 0.0898 e. The Hall–Kier alpha value is -2.92. The molecule has 0 bridgehead atoms. The summed E-state index contributed by atoms with van der Waals surface area (Å²) in [6.45, 7) is 4.12. The predicted molar refractivity (Wildman–Crippen MR) is 89.4 cm³/mol. The molecule has 0 saturated carbocycles. The highest BCUT2D eigenvalue weighted by Crippen LogP contribution is 2.16. The zero-order chi connectivity index (χ0) is 15.4. The first kappa shape index (κ1) is 14.0. The van der Waals surface area contributed by atoms with E-state index in [4.69, 9.17) is 0 Å². The summed E-state index contributed by atoms with van der Waals surface area (Å²) in [5.41, 5.74) is 6.08. The molecule has 0 unspecified atom stereocenters. The van der Waals surface area contributed by atoms with E-state index in [2.05, 4.69) is 40.9 Å². The topological polar surface area (TPSA) is 25.8 Å². The Morgan fingerprint density at radius 1 is 0.636 bits per heavy atom. The van der Waals surface area contributed by atoms with Gasteiger partial charge in [-0.05, 0) is 55.8 Å². The molecule has 0 fully saturated rings. The molecule has 106 valence electrons. The second-order valence-electron chi connectivity index (χ2n) is 5.26. The van der Waals surface area contributed by atoms with Gasteiger partial charge in [-0.1, -0.05) is 29.5 Å². The zero-order valence-corrected chi connectivity index (χ0v) is 12.7. The first-order valence-electron chi connectivity index (χ1n) is 7.18. The molecule has 1 aromatic carbocycles. The molecule has 2 nitrogen and oxygen atoms in total. The number of nitrogens with zero attached hydrogens (tertiary/aromatic N) is 2. The van der Waals surface area contributed by atoms with Crippen LogP contribution in [0.2, 0.25) is 0 Å². The van der Waals surface area contributed by atoms with E-state index in [0.717, 1.165) is 22.5 Å². The van der Waals surface area contributed by atoms with Crippen molar-refractivity contribution in [1.29, 1.82) is 0 Å². The van der Waals surface area contributed by atoms with Crippen molar-refractivity contribution in [3.8, 4) is 23.2 Å². The predicted octanol–water partition coefficient (Wildman–Crippen LogP) is 4.16. The van der Waals surface area contributed by atoms with E-state index >= 15 is 0 Å². The van der Waals surface area contributed by atoms with E-state index in [1.165, 1.54) is 11.1 Å². The van der Waals surface area contributed by atoms with E-state index in [-0.39, 0.29) is 0 Å². The van der Waals surface area contributed by atoms with Crippen molar-refractivity contribution in [3.63, 3.8) is 0 Å². The van der Waals surface area contributed by atoms with E-state index in [1.807, 2.05) is 43.3 Å². The fourth-order valence-corrected chi connectivity index (χ4v) is 2.11. The average Bonchev–Trinajstić information content (AvgIpc) is 2.55. The van der Waals surface area contributed by atoms with Crippen LogP contribution in [-0.4, -0.2) is 9.97 Å². The molecular weight excluding hydrogens is 268 g/mol. The van der Waals surface area contributed by atoms with Gasteiger partial charge in [0, 0.05) is 23.5 Å². The van der Waals surface area contributed by atoms with Gasteiger partial charge in [0.2, 0.25) is 0 Å². The standard InChI is InChI=1S/C20H16N2/c1-15-3-5-17(6-4-15)7-8-18-10-12-22-20(14-18)19-13-16(2)9-11-21-19/h3-6,9-14H,1-2H3. The van der Waals surface area contributed by atoms with Crippen LogP contribution in [0.5, 0.6) is 0 Å². The minimum atomic E-state index is 0.847. The highest BCUT2D eigenvalue weighted by molar-refractivity contribution is 5.58. The van der Waals surface area contributed by atoms with Crippen molar-refractivity contribution in [2.75, 3.05) is 0 Å². The van der Waals surface area contributed by atoms with Crippen LogP contribution in [-0.2, 0) is 0 Å². The van der Waals surface area contributed by atoms with Crippen molar-refractivity contribution in [3.05, 3.63) is 83.2 Å². The Kier molecular flexibility index (Phi) is 3.98. The van der Waals surface area contributed by atoms with Crippen LogP contribution >= 0.6 is 0 Å². The van der Waals surface area contributed by atoms with Crippen LogP contribution in [0.25, 0.3) is 11.4 Å². The lowest BCUT2D eigenvalue weighted by Crippen LogP contribution is -1.89. The minimum Gasteiger partial charge on any atom is -0.255 e. The molecule has 22 heavy (non-hydrogen) atoms. The average molecular weight is 284 g/mol. The Bertz CT molecular complexity index is 853. The molecule has 2 heterocycles. The normalized spacial score (nSPS) is 9.91. The van der Waals surface area contributed by atoms with Crippen LogP contribution in [0.3, 0.4) is 0 Å². The molecule has 0 amide bonds. The summed E-state index contributed by atoms with van der Waals surface area (Å²) in [7, 11) is 0. The summed E-state index contributed by atoms with van der Waals surface area (Å²) in [4.78, 5) is 8.76. The maximum Gasteiger partial charge on any atom is 0.0898 e. The van der Waals surface area contributed by atoms with Crippen LogP contribution in [0.15, 0.2) is 60.9 Å². The number of benzene rings is 1. The van der Waals surface area contributed by atoms with Gasteiger partial charge in [0.15, 0.2) is 0 Å². The van der Waals surface area contributed by atoms with Crippen LogP contribution in [0.1, 0.15) is 22.3 Å². The fraction of sp³-hybridized carbons (Fsp3) is 0.100. The molecule has 2 aromatic heterocycles. The quantitative estimate of drug-likeness (QED) is 0.627. The second kappa shape index (κ2) is 6.24. The second-order valence-corrected chi connectivity index (χ2v) is 5.26. The summed E-state index contributed by atoms with van der Waals surface area (Å²) in [5, 5.41) is 0. The Balaban J connectivity index is 1.90. The molecule has 0 aliphatic carbocycles. The molecule has 0 N–H and O–H groups in total. The SMILES string of the molecule is Cc1ccc(C#Cc2ccnc(-c3cc(C)ccn3)c2)cc1.